The van der Waals surface area contributed by atoms with E-state index in [0.717, 1.165) is 15.2 Å². The summed E-state index contributed by atoms with van der Waals surface area (Å²) in [5.74, 6) is 0.557. The highest BCUT2D eigenvalue weighted by Gasteiger charge is 2.17. The Bertz CT molecular complexity index is 807. The van der Waals surface area contributed by atoms with E-state index in [2.05, 4.69) is 15.4 Å². The molecule has 7 nitrogen and oxygen atoms in total. The predicted molar refractivity (Wildman–Crippen MR) is 77.5 cm³/mol. The maximum absolute atomic E-state index is 11.2. The zero-order valence-electron chi connectivity index (χ0n) is 10.8. The molecule has 0 saturated heterocycles. The molecular formula is C12H11N5O2S. The van der Waals surface area contributed by atoms with Gasteiger partial charge in [-0.25, -0.2) is 4.98 Å². The number of anilines is 2. The number of aromatic nitrogens is 3. The number of hydrogen-bond donors (Lipinski definition) is 1. The first-order valence-electron chi connectivity index (χ1n) is 5.85. The van der Waals surface area contributed by atoms with Crippen LogP contribution in [-0.2, 0) is 7.05 Å². The van der Waals surface area contributed by atoms with Crippen LogP contribution in [0.2, 0.25) is 0 Å². The van der Waals surface area contributed by atoms with Crippen LogP contribution in [0.1, 0.15) is 5.01 Å². The largest absolute Gasteiger partial charge is 0.333 e. The van der Waals surface area contributed by atoms with E-state index in [-0.39, 0.29) is 5.69 Å². The van der Waals surface area contributed by atoms with Crippen molar-refractivity contribution in [3.63, 3.8) is 0 Å². The van der Waals surface area contributed by atoms with Gasteiger partial charge in [0.15, 0.2) is 5.82 Å². The van der Waals surface area contributed by atoms with Crippen LogP contribution in [-0.4, -0.2) is 19.7 Å². The number of nitrogens with one attached hydrogen (secondary N) is 1. The van der Waals surface area contributed by atoms with Gasteiger partial charge in [0.2, 0.25) is 0 Å². The van der Waals surface area contributed by atoms with E-state index in [1.807, 2.05) is 6.92 Å². The molecule has 0 aliphatic rings. The fourth-order valence-electron chi connectivity index (χ4n) is 1.95. The highest BCUT2D eigenvalue weighted by Crippen LogP contribution is 2.34. The van der Waals surface area contributed by atoms with Crippen molar-refractivity contribution >= 4 is 38.7 Å². The summed E-state index contributed by atoms with van der Waals surface area (Å²) in [5.41, 5.74) is 1.16. The third-order valence-corrected chi connectivity index (χ3v) is 3.72. The summed E-state index contributed by atoms with van der Waals surface area (Å²) in [4.78, 5) is 15.1. The Morgan fingerprint density at radius 1 is 1.45 bits per heavy atom. The highest BCUT2D eigenvalue weighted by molar-refractivity contribution is 7.18. The van der Waals surface area contributed by atoms with Crippen LogP contribution in [0.3, 0.4) is 0 Å². The normalized spacial score (nSPS) is 10.9. The van der Waals surface area contributed by atoms with Gasteiger partial charge in [-0.1, -0.05) is 0 Å². The smallest absolute Gasteiger partial charge is 0.294 e. The van der Waals surface area contributed by atoms with Gasteiger partial charge >= 0.3 is 0 Å². The standard InChI is InChI=1S/C12H11N5O2S/c1-7-13-9-5-8(14-12-3-4-16(2)15-12)10(17(18)19)6-11(9)20-7/h3-6H,1-2H3,(H,14,15). The molecule has 0 amide bonds. The number of rotatable bonds is 3. The molecule has 0 saturated carbocycles. The van der Waals surface area contributed by atoms with Crippen LogP contribution in [0.15, 0.2) is 24.4 Å². The first kappa shape index (κ1) is 12.5. The summed E-state index contributed by atoms with van der Waals surface area (Å²) in [5, 5.41) is 19.2. The lowest BCUT2D eigenvalue weighted by Gasteiger charge is -2.04. The minimum absolute atomic E-state index is 0.0202. The van der Waals surface area contributed by atoms with Crippen molar-refractivity contribution in [2.24, 2.45) is 7.05 Å². The molecule has 3 rings (SSSR count). The molecule has 0 atom stereocenters. The van der Waals surface area contributed by atoms with Crippen molar-refractivity contribution in [3.05, 3.63) is 39.5 Å². The lowest BCUT2D eigenvalue weighted by Crippen LogP contribution is -1.98. The Morgan fingerprint density at radius 2 is 2.25 bits per heavy atom. The molecule has 0 unspecified atom stereocenters. The summed E-state index contributed by atoms with van der Waals surface area (Å²) in [6.07, 6.45) is 1.76. The van der Waals surface area contributed by atoms with Crippen LogP contribution < -0.4 is 5.32 Å². The SMILES string of the molecule is Cc1nc2cc(Nc3ccn(C)n3)c([N+](=O)[O-])cc2s1. The van der Waals surface area contributed by atoms with Gasteiger partial charge in [0.1, 0.15) is 5.69 Å². The second kappa shape index (κ2) is 4.57. The van der Waals surface area contributed by atoms with E-state index in [1.54, 1.807) is 36.1 Å². The van der Waals surface area contributed by atoms with Crippen LogP contribution >= 0.6 is 11.3 Å². The Balaban J connectivity index is 2.11. The lowest BCUT2D eigenvalue weighted by molar-refractivity contribution is -0.383. The number of nitrogens with zero attached hydrogens (tertiary/aromatic N) is 4. The van der Waals surface area contributed by atoms with E-state index in [1.165, 1.54) is 11.3 Å². The van der Waals surface area contributed by atoms with E-state index >= 15 is 0 Å². The van der Waals surface area contributed by atoms with Crippen LogP contribution in [0, 0.1) is 17.0 Å². The summed E-state index contributed by atoms with van der Waals surface area (Å²) in [6, 6.07) is 4.98. The molecule has 0 bridgehead atoms. The molecule has 0 radical (unpaired) electrons. The fourth-order valence-corrected chi connectivity index (χ4v) is 2.79. The van der Waals surface area contributed by atoms with Gasteiger partial charge in [-0.2, -0.15) is 5.10 Å². The Kier molecular flexibility index (Phi) is 2.87. The third-order valence-electron chi connectivity index (χ3n) is 2.79. The van der Waals surface area contributed by atoms with E-state index in [4.69, 9.17) is 0 Å². The van der Waals surface area contributed by atoms with E-state index in [9.17, 15) is 10.1 Å². The van der Waals surface area contributed by atoms with Gasteiger partial charge in [-0.3, -0.25) is 14.8 Å². The monoisotopic (exact) mass is 289 g/mol. The summed E-state index contributed by atoms with van der Waals surface area (Å²) < 4.78 is 2.43. The second-order valence-electron chi connectivity index (χ2n) is 4.33. The minimum Gasteiger partial charge on any atom is -0.333 e. The van der Waals surface area contributed by atoms with E-state index < -0.39 is 4.92 Å². The van der Waals surface area contributed by atoms with Crippen LogP contribution in [0.4, 0.5) is 17.2 Å². The van der Waals surface area contributed by atoms with Gasteiger partial charge in [0, 0.05) is 25.4 Å². The average Bonchev–Trinajstić information content (AvgIpc) is 2.92. The zero-order valence-corrected chi connectivity index (χ0v) is 11.6. The molecule has 0 aliphatic carbocycles. The minimum atomic E-state index is -0.403. The van der Waals surface area contributed by atoms with Gasteiger partial charge in [-0.15, -0.1) is 11.3 Å². The summed E-state index contributed by atoms with van der Waals surface area (Å²) in [6.45, 7) is 1.88. The third kappa shape index (κ3) is 2.21. The lowest BCUT2D eigenvalue weighted by atomic mass is 10.2. The fraction of sp³-hybridized carbons (Fsp3) is 0.167. The molecule has 2 aromatic heterocycles. The topological polar surface area (TPSA) is 85.9 Å². The van der Waals surface area contributed by atoms with Crippen molar-refractivity contribution in [1.82, 2.24) is 14.8 Å². The molecular weight excluding hydrogens is 278 g/mol. The zero-order chi connectivity index (χ0) is 14.3. The number of thiazole rings is 1. The van der Waals surface area contributed by atoms with Crippen molar-refractivity contribution in [2.75, 3.05) is 5.32 Å². The number of benzene rings is 1. The second-order valence-corrected chi connectivity index (χ2v) is 5.56. The summed E-state index contributed by atoms with van der Waals surface area (Å²) in [7, 11) is 1.78. The molecule has 8 heteroatoms. The van der Waals surface area contributed by atoms with E-state index in [0.29, 0.717) is 11.5 Å². The number of nitro benzene ring substituents is 1. The van der Waals surface area contributed by atoms with Gasteiger partial charge in [0.05, 0.1) is 20.1 Å². The quantitative estimate of drug-likeness (QED) is 0.591. The Labute approximate surface area is 118 Å². The molecule has 20 heavy (non-hydrogen) atoms. The van der Waals surface area contributed by atoms with Gasteiger partial charge in [-0.05, 0) is 13.0 Å². The maximum Gasteiger partial charge on any atom is 0.294 e. The maximum atomic E-state index is 11.2. The number of nitro groups is 1. The number of fused-ring (bicyclic) bond motifs is 1. The average molecular weight is 289 g/mol. The molecule has 1 aromatic carbocycles. The van der Waals surface area contributed by atoms with Gasteiger partial charge in [0.25, 0.3) is 5.69 Å². The number of hydrogen-bond acceptors (Lipinski definition) is 6. The van der Waals surface area contributed by atoms with Gasteiger partial charge < -0.3 is 5.32 Å². The van der Waals surface area contributed by atoms with Crippen LogP contribution in [0.25, 0.3) is 10.2 Å². The Morgan fingerprint density at radius 3 is 2.90 bits per heavy atom. The molecule has 2 heterocycles. The summed E-state index contributed by atoms with van der Waals surface area (Å²) >= 11 is 1.44. The van der Waals surface area contributed by atoms with Crippen molar-refractivity contribution in [3.8, 4) is 0 Å². The first-order chi connectivity index (χ1) is 9.52. The molecule has 0 aliphatic heterocycles. The number of aryl methyl sites for hydroxylation is 2. The van der Waals surface area contributed by atoms with Crippen molar-refractivity contribution < 1.29 is 4.92 Å². The van der Waals surface area contributed by atoms with Crippen molar-refractivity contribution in [2.45, 2.75) is 6.92 Å². The molecule has 0 spiro atoms. The molecule has 3 aromatic rings. The predicted octanol–water partition coefficient (Wildman–Crippen LogP) is 2.99. The molecule has 1 N–H and O–H groups in total. The van der Waals surface area contributed by atoms with Crippen LogP contribution in [0.5, 0.6) is 0 Å². The first-order valence-corrected chi connectivity index (χ1v) is 6.67. The molecule has 0 fully saturated rings. The molecule has 102 valence electrons. The highest BCUT2D eigenvalue weighted by atomic mass is 32.1. The Hall–Kier alpha value is -2.48. The van der Waals surface area contributed by atoms with Crippen molar-refractivity contribution in [1.29, 1.82) is 0 Å².